The molecule has 1 aromatic rings. The maximum Gasteiger partial charge on any atom is 0.0720 e. The third-order valence-corrected chi connectivity index (χ3v) is 4.08. The van der Waals surface area contributed by atoms with Gasteiger partial charge in [-0.05, 0) is 12.0 Å². The molecule has 98 valence electrons. The van der Waals surface area contributed by atoms with Gasteiger partial charge in [-0.15, -0.1) is 6.58 Å². The zero-order chi connectivity index (χ0) is 13.2. The SMILES string of the molecule is C=C[C@@H]1C[C@H](OCc2ccccc2)C(C)(C)[C@@H]1O. The average Bonchev–Trinajstić information content (AvgIpc) is 2.60. The molecule has 0 spiro atoms. The largest absolute Gasteiger partial charge is 0.392 e. The Kier molecular flexibility index (Phi) is 3.88. The zero-order valence-corrected chi connectivity index (χ0v) is 11.2. The number of rotatable bonds is 4. The van der Waals surface area contributed by atoms with Gasteiger partial charge in [0.1, 0.15) is 0 Å². The average molecular weight is 246 g/mol. The summed E-state index contributed by atoms with van der Waals surface area (Å²) in [7, 11) is 0. The van der Waals surface area contributed by atoms with Crippen molar-refractivity contribution in [1.29, 1.82) is 0 Å². The smallest absolute Gasteiger partial charge is 0.0720 e. The van der Waals surface area contributed by atoms with Crippen molar-refractivity contribution in [3.63, 3.8) is 0 Å². The van der Waals surface area contributed by atoms with E-state index in [4.69, 9.17) is 4.74 Å². The lowest BCUT2D eigenvalue weighted by atomic mass is 9.85. The lowest BCUT2D eigenvalue weighted by Gasteiger charge is -2.30. The quantitative estimate of drug-likeness (QED) is 0.827. The van der Waals surface area contributed by atoms with Crippen LogP contribution in [-0.4, -0.2) is 17.3 Å². The van der Waals surface area contributed by atoms with Crippen LogP contribution in [0.4, 0.5) is 0 Å². The fourth-order valence-corrected chi connectivity index (χ4v) is 2.70. The van der Waals surface area contributed by atoms with Crippen molar-refractivity contribution >= 4 is 0 Å². The molecule has 1 aliphatic rings. The summed E-state index contributed by atoms with van der Waals surface area (Å²) in [6.45, 7) is 8.53. The standard InChI is InChI=1S/C16H22O2/c1-4-13-10-14(16(2,3)15(13)17)18-11-12-8-6-5-7-9-12/h4-9,13-15,17H,1,10-11H2,2-3H3/t13-,14+,15-/m1/s1. The summed E-state index contributed by atoms with van der Waals surface area (Å²) in [5.74, 6) is 0.140. The van der Waals surface area contributed by atoms with Crippen LogP contribution in [0, 0.1) is 11.3 Å². The maximum atomic E-state index is 10.2. The number of hydrogen-bond donors (Lipinski definition) is 1. The second-order valence-electron chi connectivity index (χ2n) is 5.69. The van der Waals surface area contributed by atoms with Crippen LogP contribution in [-0.2, 0) is 11.3 Å². The molecule has 18 heavy (non-hydrogen) atoms. The lowest BCUT2D eigenvalue weighted by Crippen LogP contribution is -2.35. The minimum atomic E-state index is -0.365. The molecule has 1 saturated carbocycles. The molecule has 0 bridgehead atoms. The van der Waals surface area contributed by atoms with Gasteiger partial charge in [0.2, 0.25) is 0 Å². The highest BCUT2D eigenvalue weighted by molar-refractivity contribution is 5.14. The van der Waals surface area contributed by atoms with Gasteiger partial charge in [-0.3, -0.25) is 0 Å². The van der Waals surface area contributed by atoms with Gasteiger partial charge in [0, 0.05) is 11.3 Å². The fraction of sp³-hybridized carbons (Fsp3) is 0.500. The van der Waals surface area contributed by atoms with Crippen LogP contribution in [0.25, 0.3) is 0 Å². The van der Waals surface area contributed by atoms with E-state index in [1.807, 2.05) is 24.3 Å². The van der Waals surface area contributed by atoms with Gasteiger partial charge in [0.05, 0.1) is 18.8 Å². The molecular weight excluding hydrogens is 224 g/mol. The van der Waals surface area contributed by atoms with Crippen molar-refractivity contribution in [2.45, 2.75) is 39.1 Å². The molecule has 0 aromatic heterocycles. The van der Waals surface area contributed by atoms with Crippen molar-refractivity contribution in [1.82, 2.24) is 0 Å². The van der Waals surface area contributed by atoms with Crippen LogP contribution >= 0.6 is 0 Å². The van der Waals surface area contributed by atoms with Crippen LogP contribution in [0.3, 0.4) is 0 Å². The molecule has 2 nitrogen and oxygen atoms in total. The van der Waals surface area contributed by atoms with Gasteiger partial charge in [-0.1, -0.05) is 50.3 Å². The topological polar surface area (TPSA) is 29.5 Å². The summed E-state index contributed by atoms with van der Waals surface area (Å²) in [5.41, 5.74) is 0.957. The molecule has 1 N–H and O–H groups in total. The summed E-state index contributed by atoms with van der Waals surface area (Å²) in [6, 6.07) is 10.1. The summed E-state index contributed by atoms with van der Waals surface area (Å²) < 4.78 is 6.00. The van der Waals surface area contributed by atoms with Crippen LogP contribution in [0.2, 0.25) is 0 Å². The Balaban J connectivity index is 2.00. The molecule has 2 rings (SSSR count). The molecule has 0 heterocycles. The van der Waals surface area contributed by atoms with E-state index in [9.17, 15) is 5.11 Å². The molecule has 2 heteroatoms. The molecule has 1 aliphatic carbocycles. The van der Waals surface area contributed by atoms with Gasteiger partial charge < -0.3 is 9.84 Å². The number of aliphatic hydroxyl groups excluding tert-OH is 1. The van der Waals surface area contributed by atoms with Crippen molar-refractivity contribution in [2.24, 2.45) is 11.3 Å². The van der Waals surface area contributed by atoms with E-state index in [0.29, 0.717) is 6.61 Å². The highest BCUT2D eigenvalue weighted by atomic mass is 16.5. The predicted octanol–water partition coefficient (Wildman–Crippen LogP) is 3.16. The van der Waals surface area contributed by atoms with Crippen LogP contribution < -0.4 is 0 Å². The van der Waals surface area contributed by atoms with E-state index < -0.39 is 0 Å². The number of hydrogen-bond acceptors (Lipinski definition) is 2. The maximum absolute atomic E-state index is 10.2. The molecule has 3 atom stereocenters. The Morgan fingerprint density at radius 3 is 2.61 bits per heavy atom. The molecule has 1 fully saturated rings. The highest BCUT2D eigenvalue weighted by Gasteiger charge is 2.47. The molecule has 0 radical (unpaired) electrons. The molecule has 1 aromatic carbocycles. The Hall–Kier alpha value is -1.12. The van der Waals surface area contributed by atoms with Gasteiger partial charge in [0.15, 0.2) is 0 Å². The second kappa shape index (κ2) is 5.25. The van der Waals surface area contributed by atoms with Crippen LogP contribution in [0.5, 0.6) is 0 Å². The molecular formula is C16H22O2. The first kappa shape index (κ1) is 13.3. The third-order valence-electron chi connectivity index (χ3n) is 4.08. The minimum Gasteiger partial charge on any atom is -0.392 e. The monoisotopic (exact) mass is 246 g/mol. The summed E-state index contributed by atoms with van der Waals surface area (Å²) in [5, 5.41) is 10.2. The first-order valence-corrected chi connectivity index (χ1v) is 6.52. The fourth-order valence-electron chi connectivity index (χ4n) is 2.70. The van der Waals surface area contributed by atoms with Gasteiger partial charge in [-0.25, -0.2) is 0 Å². The number of benzene rings is 1. The van der Waals surface area contributed by atoms with E-state index >= 15 is 0 Å². The van der Waals surface area contributed by atoms with Gasteiger partial charge in [-0.2, -0.15) is 0 Å². The Labute approximate surface area is 109 Å². The molecule has 0 aliphatic heterocycles. The Morgan fingerprint density at radius 2 is 2.06 bits per heavy atom. The van der Waals surface area contributed by atoms with Gasteiger partial charge >= 0.3 is 0 Å². The van der Waals surface area contributed by atoms with Crippen molar-refractivity contribution in [2.75, 3.05) is 0 Å². The molecule has 0 saturated heterocycles. The number of ether oxygens (including phenoxy) is 1. The second-order valence-corrected chi connectivity index (χ2v) is 5.69. The molecule has 0 amide bonds. The summed E-state index contributed by atoms with van der Waals surface area (Å²) in [6.07, 6.45) is 2.41. The normalized spacial score (nSPS) is 30.3. The Morgan fingerprint density at radius 1 is 1.39 bits per heavy atom. The van der Waals surface area contributed by atoms with Crippen LogP contribution in [0.1, 0.15) is 25.8 Å². The van der Waals surface area contributed by atoms with Crippen molar-refractivity contribution in [3.05, 3.63) is 48.6 Å². The summed E-state index contributed by atoms with van der Waals surface area (Å²) >= 11 is 0. The van der Waals surface area contributed by atoms with Crippen LogP contribution in [0.15, 0.2) is 43.0 Å². The van der Waals surface area contributed by atoms with E-state index in [2.05, 4.69) is 32.6 Å². The summed E-state index contributed by atoms with van der Waals surface area (Å²) in [4.78, 5) is 0. The Bertz CT molecular complexity index is 397. The van der Waals surface area contributed by atoms with E-state index in [0.717, 1.165) is 6.42 Å². The minimum absolute atomic E-state index is 0.0794. The van der Waals surface area contributed by atoms with Crippen molar-refractivity contribution in [3.8, 4) is 0 Å². The first-order valence-electron chi connectivity index (χ1n) is 6.52. The number of aliphatic hydroxyl groups is 1. The lowest BCUT2D eigenvalue weighted by molar-refractivity contribution is -0.0528. The third kappa shape index (κ3) is 2.50. The predicted molar refractivity (Wildman–Crippen MR) is 73.1 cm³/mol. The van der Waals surface area contributed by atoms with E-state index in [1.165, 1.54) is 5.56 Å². The first-order chi connectivity index (χ1) is 8.55. The highest BCUT2D eigenvalue weighted by Crippen LogP contribution is 2.44. The van der Waals surface area contributed by atoms with Crippen molar-refractivity contribution < 1.29 is 9.84 Å². The zero-order valence-electron chi connectivity index (χ0n) is 11.2. The van der Waals surface area contributed by atoms with E-state index in [-0.39, 0.29) is 23.5 Å². The van der Waals surface area contributed by atoms with E-state index in [1.54, 1.807) is 0 Å². The van der Waals surface area contributed by atoms with Gasteiger partial charge in [0.25, 0.3) is 0 Å². The molecule has 0 unspecified atom stereocenters.